The van der Waals surface area contributed by atoms with Crippen LogP contribution in [-0.2, 0) is 16.1 Å². The van der Waals surface area contributed by atoms with E-state index in [-0.39, 0.29) is 6.10 Å². The van der Waals surface area contributed by atoms with Crippen LogP contribution in [0.3, 0.4) is 0 Å². The lowest BCUT2D eigenvalue weighted by molar-refractivity contribution is 0.111. The molecule has 0 saturated heterocycles. The number of guanidine groups is 1. The maximum Gasteiger partial charge on any atom is 0.193 e. The highest BCUT2D eigenvalue weighted by Crippen LogP contribution is 2.17. The van der Waals surface area contributed by atoms with Crippen molar-refractivity contribution in [2.24, 2.45) is 10.7 Å². The number of methoxy groups -OCH3 is 2. The normalized spacial score (nSPS) is 12.9. The fourth-order valence-corrected chi connectivity index (χ4v) is 2.27. The van der Waals surface area contributed by atoms with E-state index >= 15 is 0 Å². The Balaban J connectivity index is 2.02. The highest BCUT2D eigenvalue weighted by atomic mass is 16.5. The largest absolute Gasteiger partial charge is 0.380 e. The number of rotatable bonds is 7. The van der Waals surface area contributed by atoms with E-state index in [4.69, 9.17) is 15.2 Å². The first-order valence-corrected chi connectivity index (χ1v) is 7.46. The number of aliphatic imine (C=N–C) groups is 1. The van der Waals surface area contributed by atoms with Crippen molar-refractivity contribution in [2.75, 3.05) is 26.1 Å². The van der Waals surface area contributed by atoms with Crippen LogP contribution in [0.1, 0.15) is 17.2 Å². The minimum Gasteiger partial charge on any atom is -0.380 e. The molecule has 0 saturated carbocycles. The van der Waals surface area contributed by atoms with Crippen LogP contribution in [0.4, 0.5) is 5.69 Å². The van der Waals surface area contributed by atoms with Crippen molar-refractivity contribution in [3.05, 3.63) is 65.7 Å². The van der Waals surface area contributed by atoms with Gasteiger partial charge >= 0.3 is 0 Å². The van der Waals surface area contributed by atoms with Gasteiger partial charge in [-0.1, -0.05) is 48.5 Å². The van der Waals surface area contributed by atoms with Gasteiger partial charge in [-0.25, -0.2) is 0 Å². The molecule has 0 spiro atoms. The Bertz CT molecular complexity index is 629. The third-order valence-electron chi connectivity index (χ3n) is 3.46. The van der Waals surface area contributed by atoms with Crippen LogP contribution in [0.5, 0.6) is 0 Å². The quantitative estimate of drug-likeness (QED) is 0.609. The van der Waals surface area contributed by atoms with Gasteiger partial charge in [0.15, 0.2) is 5.96 Å². The summed E-state index contributed by atoms with van der Waals surface area (Å²) in [5.74, 6) is 0.353. The van der Waals surface area contributed by atoms with Crippen LogP contribution in [-0.4, -0.2) is 26.7 Å². The first-order valence-electron chi connectivity index (χ1n) is 7.46. The number of nitrogens with two attached hydrogens (primary N) is 1. The summed E-state index contributed by atoms with van der Waals surface area (Å²) in [5, 5.41) is 3.12. The number of nitrogens with one attached hydrogen (secondary N) is 1. The molecule has 0 aliphatic carbocycles. The molecule has 2 aromatic rings. The number of hydrogen-bond donors (Lipinski definition) is 2. The lowest BCUT2D eigenvalue weighted by Crippen LogP contribution is -2.24. The smallest absolute Gasteiger partial charge is 0.193 e. The Morgan fingerprint density at radius 3 is 2.48 bits per heavy atom. The molecule has 122 valence electrons. The van der Waals surface area contributed by atoms with Gasteiger partial charge in [0, 0.05) is 25.5 Å². The predicted molar refractivity (Wildman–Crippen MR) is 93.5 cm³/mol. The van der Waals surface area contributed by atoms with Crippen LogP contribution in [0.25, 0.3) is 0 Å². The van der Waals surface area contributed by atoms with Crippen molar-refractivity contribution >= 4 is 11.6 Å². The number of hydrogen-bond acceptors (Lipinski definition) is 3. The maximum absolute atomic E-state index is 5.99. The summed E-state index contributed by atoms with van der Waals surface area (Å²) in [6, 6.07) is 17.8. The lowest BCUT2D eigenvalue weighted by atomic mass is 10.1. The Kier molecular flexibility index (Phi) is 6.59. The summed E-state index contributed by atoms with van der Waals surface area (Å²) < 4.78 is 10.7. The third kappa shape index (κ3) is 5.09. The van der Waals surface area contributed by atoms with Crippen molar-refractivity contribution in [1.29, 1.82) is 0 Å². The summed E-state index contributed by atoms with van der Waals surface area (Å²) in [6.45, 7) is 0.965. The highest BCUT2D eigenvalue weighted by molar-refractivity contribution is 5.93. The van der Waals surface area contributed by atoms with E-state index < -0.39 is 0 Å². The van der Waals surface area contributed by atoms with E-state index in [1.165, 1.54) is 0 Å². The van der Waals surface area contributed by atoms with Crippen LogP contribution in [0.2, 0.25) is 0 Å². The molecule has 3 N–H and O–H groups in total. The minimum absolute atomic E-state index is 0.120. The molecule has 5 heteroatoms. The first kappa shape index (κ1) is 17.0. The van der Waals surface area contributed by atoms with E-state index in [0.717, 1.165) is 16.8 Å². The van der Waals surface area contributed by atoms with Gasteiger partial charge in [0.1, 0.15) is 6.10 Å². The van der Waals surface area contributed by atoms with Gasteiger partial charge in [-0.2, -0.15) is 0 Å². The molecule has 1 atom stereocenters. The van der Waals surface area contributed by atoms with Gasteiger partial charge in [-0.15, -0.1) is 0 Å². The SMILES string of the molecule is COCc1ccccc1NC(N)=NCC(OC)c1ccccc1. The van der Waals surface area contributed by atoms with E-state index in [0.29, 0.717) is 19.1 Å². The van der Waals surface area contributed by atoms with Crippen LogP contribution >= 0.6 is 0 Å². The van der Waals surface area contributed by atoms with Gasteiger partial charge in [-0.3, -0.25) is 4.99 Å². The molecule has 0 radical (unpaired) electrons. The molecule has 1 unspecified atom stereocenters. The summed E-state index contributed by atoms with van der Waals surface area (Å²) >= 11 is 0. The standard InChI is InChI=1S/C18H23N3O2/c1-22-13-15-10-6-7-11-16(15)21-18(19)20-12-17(23-2)14-8-4-3-5-9-14/h3-11,17H,12-13H2,1-2H3,(H3,19,20,21). The van der Waals surface area contributed by atoms with Gasteiger partial charge < -0.3 is 20.5 Å². The van der Waals surface area contributed by atoms with Crippen LogP contribution < -0.4 is 11.1 Å². The first-order chi connectivity index (χ1) is 11.2. The molecular weight excluding hydrogens is 290 g/mol. The molecule has 2 aromatic carbocycles. The fraction of sp³-hybridized carbons (Fsp3) is 0.278. The lowest BCUT2D eigenvalue weighted by Gasteiger charge is -2.15. The molecule has 0 fully saturated rings. The molecular formula is C18H23N3O2. The third-order valence-corrected chi connectivity index (χ3v) is 3.46. The van der Waals surface area contributed by atoms with E-state index in [9.17, 15) is 0 Å². The summed E-state index contributed by atoms with van der Waals surface area (Å²) in [6.07, 6.45) is -0.120. The molecule has 0 aliphatic heterocycles. The monoisotopic (exact) mass is 313 g/mol. The molecule has 0 aliphatic rings. The van der Waals surface area contributed by atoms with Crippen LogP contribution in [0.15, 0.2) is 59.6 Å². The van der Waals surface area contributed by atoms with E-state index in [2.05, 4.69) is 10.3 Å². The van der Waals surface area contributed by atoms with Gasteiger partial charge in [0.2, 0.25) is 0 Å². The van der Waals surface area contributed by atoms with E-state index in [1.54, 1.807) is 14.2 Å². The van der Waals surface area contributed by atoms with Crippen molar-refractivity contribution in [2.45, 2.75) is 12.7 Å². The zero-order valence-electron chi connectivity index (χ0n) is 13.5. The number of benzene rings is 2. The molecule has 0 amide bonds. The maximum atomic E-state index is 5.99. The Morgan fingerprint density at radius 2 is 1.78 bits per heavy atom. The second-order valence-corrected chi connectivity index (χ2v) is 5.08. The molecule has 5 nitrogen and oxygen atoms in total. The summed E-state index contributed by atoms with van der Waals surface area (Å²) in [5.41, 5.74) is 8.99. The highest BCUT2D eigenvalue weighted by Gasteiger charge is 2.09. The molecule has 0 heterocycles. The Morgan fingerprint density at radius 1 is 1.09 bits per heavy atom. The van der Waals surface area contributed by atoms with Gasteiger partial charge in [0.25, 0.3) is 0 Å². The zero-order chi connectivity index (χ0) is 16.5. The van der Waals surface area contributed by atoms with Gasteiger partial charge in [-0.05, 0) is 11.6 Å². The van der Waals surface area contributed by atoms with E-state index in [1.807, 2.05) is 54.6 Å². The zero-order valence-corrected chi connectivity index (χ0v) is 13.5. The predicted octanol–water partition coefficient (Wildman–Crippen LogP) is 2.95. The molecule has 0 aromatic heterocycles. The number of para-hydroxylation sites is 1. The Labute approximate surface area is 137 Å². The van der Waals surface area contributed by atoms with Crippen LogP contribution in [0, 0.1) is 0 Å². The molecule has 0 bridgehead atoms. The fourth-order valence-electron chi connectivity index (χ4n) is 2.27. The average molecular weight is 313 g/mol. The average Bonchev–Trinajstić information content (AvgIpc) is 2.58. The van der Waals surface area contributed by atoms with Crippen molar-refractivity contribution < 1.29 is 9.47 Å². The second kappa shape index (κ2) is 8.92. The number of nitrogens with zero attached hydrogens (tertiary/aromatic N) is 1. The molecule has 23 heavy (non-hydrogen) atoms. The summed E-state index contributed by atoms with van der Waals surface area (Å²) in [7, 11) is 3.34. The number of ether oxygens (including phenoxy) is 2. The minimum atomic E-state index is -0.120. The molecule has 2 rings (SSSR count). The topological polar surface area (TPSA) is 68.9 Å². The second-order valence-electron chi connectivity index (χ2n) is 5.08. The Hall–Kier alpha value is -2.37. The van der Waals surface area contributed by atoms with Gasteiger partial charge in [0.05, 0.1) is 13.2 Å². The van der Waals surface area contributed by atoms with Crippen molar-refractivity contribution in [3.63, 3.8) is 0 Å². The number of anilines is 1. The van der Waals surface area contributed by atoms with Crippen molar-refractivity contribution in [1.82, 2.24) is 0 Å². The summed E-state index contributed by atoms with van der Waals surface area (Å²) in [4.78, 5) is 4.39. The van der Waals surface area contributed by atoms with Crippen molar-refractivity contribution in [3.8, 4) is 0 Å².